The van der Waals surface area contributed by atoms with Gasteiger partial charge in [0.1, 0.15) is 0 Å². The number of hydrogen-bond donors (Lipinski definition) is 1. The van der Waals surface area contributed by atoms with E-state index in [2.05, 4.69) is 0 Å². The molecule has 0 unspecified atom stereocenters. The Balaban J connectivity index is 2.23. The monoisotopic (exact) mass is 401 g/mol. The number of hydrogen-bond acceptors (Lipinski definition) is 6. The van der Waals surface area contributed by atoms with Gasteiger partial charge in [-0.3, -0.25) is 9.59 Å². The van der Waals surface area contributed by atoms with Crippen LogP contribution in [0.15, 0.2) is 36.4 Å². The number of ether oxygens (including phenoxy) is 3. The van der Waals surface area contributed by atoms with Gasteiger partial charge in [-0.1, -0.05) is 12.1 Å². The molecule has 0 aliphatic rings. The van der Waals surface area contributed by atoms with Crippen LogP contribution in [-0.4, -0.2) is 58.7 Å². The molecule has 0 bridgehead atoms. The van der Waals surface area contributed by atoms with Crippen molar-refractivity contribution in [3.63, 3.8) is 0 Å². The van der Waals surface area contributed by atoms with E-state index in [1.807, 2.05) is 43.3 Å². The smallest absolute Gasteiger partial charge is 0.255 e. The van der Waals surface area contributed by atoms with Gasteiger partial charge < -0.3 is 29.7 Å². The van der Waals surface area contributed by atoms with Crippen molar-refractivity contribution in [2.24, 2.45) is 5.73 Å². The molecule has 0 atom stereocenters. The van der Waals surface area contributed by atoms with Gasteiger partial charge in [0.2, 0.25) is 5.75 Å². The maximum Gasteiger partial charge on any atom is 0.255 e. The van der Waals surface area contributed by atoms with Crippen LogP contribution in [0, 0.1) is 0 Å². The molecule has 29 heavy (non-hydrogen) atoms. The number of benzene rings is 2. The summed E-state index contributed by atoms with van der Waals surface area (Å²) in [5.41, 5.74) is 7.60. The predicted molar refractivity (Wildman–Crippen MR) is 111 cm³/mol. The van der Waals surface area contributed by atoms with E-state index in [0.29, 0.717) is 12.1 Å². The number of nitrogens with zero attached hydrogens (tertiary/aromatic N) is 2. The van der Waals surface area contributed by atoms with E-state index in [9.17, 15) is 9.59 Å². The minimum absolute atomic E-state index is 0.209. The first-order chi connectivity index (χ1) is 13.8. The van der Waals surface area contributed by atoms with Crippen LogP contribution in [-0.2, 0) is 11.3 Å². The number of rotatable bonds is 9. The molecule has 0 aromatic heterocycles. The van der Waals surface area contributed by atoms with Crippen molar-refractivity contribution in [1.29, 1.82) is 0 Å². The quantitative estimate of drug-likeness (QED) is 0.690. The van der Waals surface area contributed by atoms with E-state index in [0.717, 1.165) is 11.3 Å². The first-order valence-electron chi connectivity index (χ1n) is 8.95. The number of anilines is 1. The zero-order valence-electron chi connectivity index (χ0n) is 17.4. The summed E-state index contributed by atoms with van der Waals surface area (Å²) in [6.45, 7) is 0.111. The summed E-state index contributed by atoms with van der Waals surface area (Å²) in [5.74, 6) is -0.0725. The number of amides is 2. The Labute approximate surface area is 170 Å². The standard InChI is InChI=1S/C21H27N3O5/c1-23(2)16-8-6-14(7-9-16)12-24(3)21(26)15-10-17(27-4)20(18(11-15)28-5)29-13-19(22)25/h6-11H,12-13H2,1-5H3,(H2,22,25). The summed E-state index contributed by atoms with van der Waals surface area (Å²) in [4.78, 5) is 27.6. The Hall–Kier alpha value is -3.42. The van der Waals surface area contributed by atoms with Gasteiger partial charge in [-0.2, -0.15) is 0 Å². The molecule has 0 heterocycles. The van der Waals surface area contributed by atoms with Crippen LogP contribution in [0.25, 0.3) is 0 Å². The van der Waals surface area contributed by atoms with Crippen LogP contribution < -0.4 is 24.8 Å². The van der Waals surface area contributed by atoms with E-state index in [1.54, 1.807) is 24.1 Å². The lowest BCUT2D eigenvalue weighted by Crippen LogP contribution is -2.26. The molecular formula is C21H27N3O5. The first-order valence-corrected chi connectivity index (χ1v) is 8.95. The molecule has 2 N–H and O–H groups in total. The highest BCUT2D eigenvalue weighted by atomic mass is 16.5. The fourth-order valence-corrected chi connectivity index (χ4v) is 2.75. The number of carbonyl (C=O) groups excluding carboxylic acids is 2. The molecule has 8 nitrogen and oxygen atoms in total. The highest BCUT2D eigenvalue weighted by Crippen LogP contribution is 2.38. The van der Waals surface area contributed by atoms with Crippen molar-refractivity contribution in [2.75, 3.05) is 46.9 Å². The summed E-state index contributed by atoms with van der Waals surface area (Å²) in [6, 6.07) is 11.1. The van der Waals surface area contributed by atoms with E-state index < -0.39 is 5.91 Å². The van der Waals surface area contributed by atoms with Crippen LogP contribution in [0.2, 0.25) is 0 Å². The van der Waals surface area contributed by atoms with Crippen molar-refractivity contribution < 1.29 is 23.8 Å². The fraction of sp³-hybridized carbons (Fsp3) is 0.333. The zero-order valence-corrected chi connectivity index (χ0v) is 17.4. The maximum atomic E-state index is 12.9. The fourth-order valence-electron chi connectivity index (χ4n) is 2.75. The zero-order chi connectivity index (χ0) is 21.6. The second-order valence-electron chi connectivity index (χ2n) is 6.69. The lowest BCUT2D eigenvalue weighted by Gasteiger charge is -2.20. The maximum absolute atomic E-state index is 12.9. The molecule has 0 aliphatic carbocycles. The summed E-state index contributed by atoms with van der Waals surface area (Å²) in [7, 11) is 8.55. The Kier molecular flexibility index (Phi) is 7.30. The third kappa shape index (κ3) is 5.54. The average molecular weight is 401 g/mol. The van der Waals surface area contributed by atoms with Crippen molar-refractivity contribution in [2.45, 2.75) is 6.54 Å². The second-order valence-corrected chi connectivity index (χ2v) is 6.69. The molecular weight excluding hydrogens is 374 g/mol. The van der Waals surface area contributed by atoms with Gasteiger partial charge in [-0.15, -0.1) is 0 Å². The van der Waals surface area contributed by atoms with Gasteiger partial charge in [-0.25, -0.2) is 0 Å². The molecule has 2 amide bonds. The van der Waals surface area contributed by atoms with Crippen LogP contribution >= 0.6 is 0 Å². The average Bonchev–Trinajstić information content (AvgIpc) is 2.71. The molecule has 0 aliphatic heterocycles. The summed E-state index contributed by atoms with van der Waals surface area (Å²) in [5, 5.41) is 0. The molecule has 2 aromatic carbocycles. The van der Waals surface area contributed by atoms with Crippen LogP contribution in [0.5, 0.6) is 17.2 Å². The summed E-state index contributed by atoms with van der Waals surface area (Å²) >= 11 is 0. The molecule has 0 spiro atoms. The third-order valence-electron chi connectivity index (χ3n) is 4.29. The van der Waals surface area contributed by atoms with E-state index in [1.165, 1.54) is 14.2 Å². The summed E-state index contributed by atoms with van der Waals surface area (Å²) in [6.07, 6.45) is 0. The van der Waals surface area contributed by atoms with Crippen LogP contribution in [0.3, 0.4) is 0 Å². The number of carbonyl (C=O) groups is 2. The van der Waals surface area contributed by atoms with Gasteiger partial charge >= 0.3 is 0 Å². The van der Waals surface area contributed by atoms with E-state index >= 15 is 0 Å². The molecule has 2 aromatic rings. The highest BCUT2D eigenvalue weighted by molar-refractivity contribution is 5.95. The van der Waals surface area contributed by atoms with E-state index in [4.69, 9.17) is 19.9 Å². The number of primary amides is 1. The van der Waals surface area contributed by atoms with Gasteiger partial charge in [0.05, 0.1) is 14.2 Å². The normalized spacial score (nSPS) is 10.2. The number of nitrogens with two attached hydrogens (primary N) is 1. The lowest BCUT2D eigenvalue weighted by atomic mass is 10.1. The first kappa shape index (κ1) is 21.9. The molecule has 2 rings (SSSR count). The topological polar surface area (TPSA) is 94.3 Å². The van der Waals surface area contributed by atoms with Gasteiger partial charge in [0, 0.05) is 38.9 Å². The van der Waals surface area contributed by atoms with E-state index in [-0.39, 0.29) is 29.8 Å². The molecule has 156 valence electrons. The Morgan fingerprint density at radius 1 is 0.966 bits per heavy atom. The van der Waals surface area contributed by atoms with Gasteiger partial charge in [0.15, 0.2) is 18.1 Å². The van der Waals surface area contributed by atoms with Crippen molar-refractivity contribution >= 4 is 17.5 Å². The van der Waals surface area contributed by atoms with Crippen molar-refractivity contribution in [1.82, 2.24) is 4.90 Å². The van der Waals surface area contributed by atoms with Crippen molar-refractivity contribution in [3.8, 4) is 17.2 Å². The molecule has 0 fully saturated rings. The molecule has 8 heteroatoms. The SMILES string of the molecule is COc1cc(C(=O)N(C)Cc2ccc(N(C)C)cc2)cc(OC)c1OCC(N)=O. The Bertz CT molecular complexity index is 840. The van der Waals surface area contributed by atoms with Crippen LogP contribution in [0.1, 0.15) is 15.9 Å². The second kappa shape index (κ2) is 9.68. The Morgan fingerprint density at radius 2 is 1.52 bits per heavy atom. The van der Waals surface area contributed by atoms with Gasteiger partial charge in [-0.05, 0) is 29.8 Å². The molecule has 0 radical (unpaired) electrons. The van der Waals surface area contributed by atoms with Crippen molar-refractivity contribution in [3.05, 3.63) is 47.5 Å². The number of methoxy groups -OCH3 is 2. The molecule has 0 saturated heterocycles. The predicted octanol–water partition coefficient (Wildman–Crippen LogP) is 1.91. The van der Waals surface area contributed by atoms with Gasteiger partial charge in [0.25, 0.3) is 11.8 Å². The largest absolute Gasteiger partial charge is 0.493 e. The highest BCUT2D eigenvalue weighted by Gasteiger charge is 2.20. The van der Waals surface area contributed by atoms with Crippen LogP contribution in [0.4, 0.5) is 5.69 Å². The minimum atomic E-state index is -0.630. The minimum Gasteiger partial charge on any atom is -0.493 e. The lowest BCUT2D eigenvalue weighted by molar-refractivity contribution is -0.120. The third-order valence-corrected chi connectivity index (χ3v) is 4.29. The summed E-state index contributed by atoms with van der Waals surface area (Å²) < 4.78 is 16.0. The Morgan fingerprint density at radius 3 is 1.97 bits per heavy atom. The molecule has 0 saturated carbocycles.